The van der Waals surface area contributed by atoms with Crippen molar-refractivity contribution in [2.45, 2.75) is 6.42 Å². The molecule has 2 rings (SSSR count). The molecule has 0 atom stereocenters. The van der Waals surface area contributed by atoms with Crippen molar-refractivity contribution >= 4 is 17.4 Å². The minimum atomic E-state index is -0.241. The average molecular weight is 256 g/mol. The van der Waals surface area contributed by atoms with Gasteiger partial charge in [0.2, 0.25) is 0 Å². The van der Waals surface area contributed by atoms with E-state index in [0.717, 1.165) is 12.0 Å². The molecule has 0 aliphatic rings. The van der Waals surface area contributed by atoms with Crippen molar-refractivity contribution in [2.24, 2.45) is 0 Å². The lowest BCUT2D eigenvalue weighted by Crippen LogP contribution is -2.30. The molecule has 0 fully saturated rings. The maximum Gasteiger partial charge on any atom is 0.319 e. The van der Waals surface area contributed by atoms with E-state index in [1.54, 1.807) is 36.7 Å². The highest BCUT2D eigenvalue weighted by molar-refractivity contribution is 5.89. The highest BCUT2D eigenvalue weighted by Gasteiger charge is 2.01. The summed E-state index contributed by atoms with van der Waals surface area (Å²) in [7, 11) is 0. The lowest BCUT2D eigenvalue weighted by Gasteiger charge is -2.08. The van der Waals surface area contributed by atoms with Crippen LogP contribution in [0.2, 0.25) is 0 Å². The minimum absolute atomic E-state index is 0.241. The monoisotopic (exact) mass is 256 g/mol. The lowest BCUT2D eigenvalue weighted by atomic mass is 10.2. The van der Waals surface area contributed by atoms with Gasteiger partial charge in [-0.05, 0) is 36.2 Å². The van der Waals surface area contributed by atoms with Gasteiger partial charge in [0.05, 0.1) is 0 Å². The first-order chi connectivity index (χ1) is 9.24. The van der Waals surface area contributed by atoms with Gasteiger partial charge < -0.3 is 16.4 Å². The first-order valence-electron chi connectivity index (χ1n) is 6.03. The predicted molar refractivity (Wildman–Crippen MR) is 75.8 cm³/mol. The molecule has 2 aromatic rings. The van der Waals surface area contributed by atoms with Gasteiger partial charge >= 0.3 is 6.03 Å². The molecule has 0 radical (unpaired) electrons. The van der Waals surface area contributed by atoms with Gasteiger partial charge in [-0.15, -0.1) is 0 Å². The highest BCUT2D eigenvalue weighted by Crippen LogP contribution is 2.11. The van der Waals surface area contributed by atoms with Gasteiger partial charge in [-0.2, -0.15) is 0 Å². The molecule has 1 heterocycles. The lowest BCUT2D eigenvalue weighted by molar-refractivity contribution is 0.252. The zero-order chi connectivity index (χ0) is 13.5. The van der Waals surface area contributed by atoms with Crippen LogP contribution in [0.5, 0.6) is 0 Å². The van der Waals surface area contributed by atoms with E-state index in [1.165, 1.54) is 0 Å². The molecule has 2 amide bonds. The number of carbonyl (C=O) groups excluding carboxylic acids is 1. The van der Waals surface area contributed by atoms with Gasteiger partial charge in [0.1, 0.15) is 0 Å². The largest absolute Gasteiger partial charge is 0.399 e. The van der Waals surface area contributed by atoms with Gasteiger partial charge in [0.25, 0.3) is 0 Å². The molecule has 0 unspecified atom stereocenters. The van der Waals surface area contributed by atoms with Gasteiger partial charge in [-0.1, -0.05) is 12.1 Å². The van der Waals surface area contributed by atoms with Crippen LogP contribution in [0, 0.1) is 0 Å². The third kappa shape index (κ3) is 4.31. The molecule has 98 valence electrons. The normalized spacial score (nSPS) is 9.89. The Morgan fingerprint density at radius 2 is 2.16 bits per heavy atom. The minimum Gasteiger partial charge on any atom is -0.399 e. The average Bonchev–Trinajstić information content (AvgIpc) is 2.40. The van der Waals surface area contributed by atoms with Crippen LogP contribution in [-0.4, -0.2) is 17.6 Å². The number of anilines is 2. The van der Waals surface area contributed by atoms with Crippen LogP contribution in [0.4, 0.5) is 16.2 Å². The number of nitrogens with one attached hydrogen (secondary N) is 2. The van der Waals surface area contributed by atoms with Gasteiger partial charge in [-0.25, -0.2) is 4.79 Å². The Morgan fingerprint density at radius 3 is 2.89 bits per heavy atom. The van der Waals surface area contributed by atoms with Crippen LogP contribution in [0.25, 0.3) is 0 Å². The molecule has 5 nitrogen and oxygen atoms in total. The van der Waals surface area contributed by atoms with E-state index in [0.29, 0.717) is 17.9 Å². The van der Waals surface area contributed by atoms with Crippen molar-refractivity contribution in [1.82, 2.24) is 10.3 Å². The predicted octanol–water partition coefficient (Wildman–Crippen LogP) is 2.03. The quantitative estimate of drug-likeness (QED) is 0.732. The number of carbonyl (C=O) groups is 1. The van der Waals surface area contributed by atoms with Crippen LogP contribution in [-0.2, 0) is 6.42 Å². The van der Waals surface area contributed by atoms with Crippen molar-refractivity contribution in [2.75, 3.05) is 17.6 Å². The zero-order valence-electron chi connectivity index (χ0n) is 10.5. The van der Waals surface area contributed by atoms with E-state index in [4.69, 9.17) is 5.73 Å². The second-order valence-corrected chi connectivity index (χ2v) is 4.12. The molecule has 0 aliphatic heterocycles. The topological polar surface area (TPSA) is 80.0 Å². The van der Waals surface area contributed by atoms with Crippen LogP contribution in [0.3, 0.4) is 0 Å². The number of nitrogen functional groups attached to an aromatic ring is 1. The third-order valence-corrected chi connectivity index (χ3v) is 2.57. The number of nitrogens with two attached hydrogens (primary N) is 1. The fourth-order valence-electron chi connectivity index (χ4n) is 1.66. The molecule has 0 spiro atoms. The molecule has 0 aliphatic carbocycles. The molecule has 0 saturated heterocycles. The molecule has 1 aromatic carbocycles. The second-order valence-electron chi connectivity index (χ2n) is 4.12. The Balaban J connectivity index is 1.76. The Kier molecular flexibility index (Phi) is 4.34. The summed E-state index contributed by atoms with van der Waals surface area (Å²) >= 11 is 0. The maximum atomic E-state index is 11.6. The number of hydrogen-bond donors (Lipinski definition) is 3. The summed E-state index contributed by atoms with van der Waals surface area (Å²) in [5, 5.41) is 5.50. The smallest absolute Gasteiger partial charge is 0.319 e. The van der Waals surface area contributed by atoms with E-state index in [1.807, 2.05) is 12.1 Å². The van der Waals surface area contributed by atoms with Crippen molar-refractivity contribution in [3.63, 3.8) is 0 Å². The van der Waals surface area contributed by atoms with Crippen LogP contribution in [0.15, 0.2) is 48.8 Å². The molecule has 0 saturated carbocycles. The zero-order valence-corrected chi connectivity index (χ0v) is 10.5. The molecule has 1 aromatic heterocycles. The summed E-state index contributed by atoms with van der Waals surface area (Å²) in [6.07, 6.45) is 4.26. The molecule has 0 bridgehead atoms. The first-order valence-corrected chi connectivity index (χ1v) is 6.03. The second kappa shape index (κ2) is 6.39. The van der Waals surface area contributed by atoms with E-state index in [2.05, 4.69) is 15.6 Å². The number of aromatic nitrogens is 1. The summed E-state index contributed by atoms with van der Waals surface area (Å²) in [5.41, 5.74) is 8.02. The van der Waals surface area contributed by atoms with Crippen LogP contribution < -0.4 is 16.4 Å². The van der Waals surface area contributed by atoms with Crippen LogP contribution >= 0.6 is 0 Å². The van der Waals surface area contributed by atoms with Crippen LogP contribution in [0.1, 0.15) is 5.56 Å². The fourth-order valence-corrected chi connectivity index (χ4v) is 1.66. The Labute approximate surface area is 111 Å². The van der Waals surface area contributed by atoms with Gasteiger partial charge in [0.15, 0.2) is 0 Å². The maximum absolute atomic E-state index is 11.6. The Bertz CT molecular complexity index is 542. The van der Waals surface area contributed by atoms with E-state index in [-0.39, 0.29) is 6.03 Å². The number of amides is 2. The number of urea groups is 1. The summed E-state index contributed by atoms with van der Waals surface area (Å²) in [6, 6.07) is 10.7. The molecular weight excluding hydrogens is 240 g/mol. The summed E-state index contributed by atoms with van der Waals surface area (Å²) in [5.74, 6) is 0. The molecule has 5 heteroatoms. The SMILES string of the molecule is Nc1cccc(NC(=O)NCCc2cccnc2)c1. The number of pyridine rings is 1. The summed E-state index contributed by atoms with van der Waals surface area (Å²) in [6.45, 7) is 0.555. The van der Waals surface area contributed by atoms with Gasteiger partial charge in [-0.3, -0.25) is 4.98 Å². The number of rotatable bonds is 4. The first kappa shape index (κ1) is 12.9. The number of hydrogen-bond acceptors (Lipinski definition) is 3. The standard InChI is InChI=1S/C14H16N4O/c15-12-4-1-5-13(9-12)18-14(19)17-8-6-11-3-2-7-16-10-11/h1-5,7,9-10H,6,8,15H2,(H2,17,18,19). The van der Waals surface area contributed by atoms with E-state index in [9.17, 15) is 4.79 Å². The number of benzene rings is 1. The summed E-state index contributed by atoms with van der Waals surface area (Å²) < 4.78 is 0. The van der Waals surface area contributed by atoms with Crippen molar-refractivity contribution < 1.29 is 4.79 Å². The van der Waals surface area contributed by atoms with E-state index >= 15 is 0 Å². The number of nitrogens with zero attached hydrogens (tertiary/aromatic N) is 1. The molecule has 4 N–H and O–H groups in total. The fraction of sp³-hybridized carbons (Fsp3) is 0.143. The van der Waals surface area contributed by atoms with Crippen molar-refractivity contribution in [3.05, 3.63) is 54.4 Å². The van der Waals surface area contributed by atoms with E-state index < -0.39 is 0 Å². The van der Waals surface area contributed by atoms with Gasteiger partial charge in [0, 0.05) is 30.3 Å². The summed E-state index contributed by atoms with van der Waals surface area (Å²) in [4.78, 5) is 15.7. The third-order valence-electron chi connectivity index (χ3n) is 2.57. The van der Waals surface area contributed by atoms with Crippen molar-refractivity contribution in [3.8, 4) is 0 Å². The Hall–Kier alpha value is -2.56. The van der Waals surface area contributed by atoms with Crippen molar-refractivity contribution in [1.29, 1.82) is 0 Å². The molecule has 19 heavy (non-hydrogen) atoms. The molecular formula is C14H16N4O. The Morgan fingerprint density at radius 1 is 1.26 bits per heavy atom. The highest BCUT2D eigenvalue weighted by atomic mass is 16.2.